The Balaban J connectivity index is 1.29. The lowest BCUT2D eigenvalue weighted by Gasteiger charge is -2.09. The van der Waals surface area contributed by atoms with Gasteiger partial charge in [-0.15, -0.1) is 11.3 Å². The number of hydrogen-bond acceptors (Lipinski definition) is 8. The maximum absolute atomic E-state index is 14.9. The standard InChI is InChI=1S/C28H26FN3O4S/c1-3-9-30-16-21-5-7-25(34-21)27-15-23-28(37-27)26(8-10-31-23)35-24-6-4-18(13-22(24)29)12-20(33)14-19-11-17(2)36-32-19/h4-8,10-11,13,15,30H,3,9,12,14,16H2,1-2H3. The van der Waals surface area contributed by atoms with Crippen LogP contribution in [-0.2, 0) is 24.2 Å². The van der Waals surface area contributed by atoms with E-state index in [4.69, 9.17) is 13.7 Å². The average Bonchev–Trinajstić information content (AvgIpc) is 3.61. The predicted octanol–water partition coefficient (Wildman–Crippen LogP) is 6.64. The molecule has 4 heterocycles. The van der Waals surface area contributed by atoms with E-state index in [1.54, 1.807) is 37.4 Å². The van der Waals surface area contributed by atoms with E-state index in [1.165, 1.54) is 17.4 Å². The highest BCUT2D eigenvalue weighted by Gasteiger charge is 2.16. The minimum atomic E-state index is -0.542. The second-order valence-corrected chi connectivity index (χ2v) is 9.82. The minimum absolute atomic E-state index is 0.0769. The van der Waals surface area contributed by atoms with Gasteiger partial charge in [0.05, 0.1) is 33.8 Å². The molecule has 0 saturated heterocycles. The third-order valence-corrected chi connectivity index (χ3v) is 6.83. The first kappa shape index (κ1) is 24.9. The first-order valence-electron chi connectivity index (χ1n) is 12.1. The molecule has 0 amide bonds. The minimum Gasteiger partial charge on any atom is -0.459 e. The SMILES string of the molecule is CCCNCc1ccc(-c2cc3nccc(Oc4ccc(CC(=O)Cc5cc(C)on5)cc4F)c3s2)o1. The molecule has 1 aromatic carbocycles. The van der Waals surface area contributed by atoms with Crippen LogP contribution in [0, 0.1) is 12.7 Å². The Morgan fingerprint density at radius 1 is 1.11 bits per heavy atom. The summed E-state index contributed by atoms with van der Waals surface area (Å²) in [4.78, 5) is 17.7. The lowest BCUT2D eigenvalue weighted by molar-refractivity contribution is -0.117. The fourth-order valence-electron chi connectivity index (χ4n) is 3.96. The number of aryl methyl sites for hydroxylation is 1. The Morgan fingerprint density at radius 3 is 2.78 bits per heavy atom. The molecule has 5 rings (SSSR count). The van der Waals surface area contributed by atoms with Crippen molar-refractivity contribution in [2.24, 2.45) is 0 Å². The molecule has 0 spiro atoms. The molecule has 0 unspecified atom stereocenters. The van der Waals surface area contributed by atoms with Crippen molar-refractivity contribution in [3.8, 4) is 22.1 Å². The van der Waals surface area contributed by atoms with Crippen LogP contribution in [0.25, 0.3) is 20.9 Å². The lowest BCUT2D eigenvalue weighted by atomic mass is 10.1. The maximum atomic E-state index is 14.9. The molecule has 0 saturated carbocycles. The van der Waals surface area contributed by atoms with Gasteiger partial charge in [0.15, 0.2) is 11.6 Å². The number of Topliss-reactive ketones (excluding diaryl/α,β-unsaturated/α-hetero) is 1. The topological polar surface area (TPSA) is 90.4 Å². The van der Waals surface area contributed by atoms with E-state index in [-0.39, 0.29) is 24.4 Å². The molecule has 190 valence electrons. The monoisotopic (exact) mass is 519 g/mol. The molecule has 7 nitrogen and oxygen atoms in total. The molecule has 1 N–H and O–H groups in total. The van der Waals surface area contributed by atoms with Crippen molar-refractivity contribution < 1.29 is 22.9 Å². The Morgan fingerprint density at radius 2 is 2.00 bits per heavy atom. The number of ketones is 1. The van der Waals surface area contributed by atoms with Gasteiger partial charge in [0.2, 0.25) is 0 Å². The summed E-state index contributed by atoms with van der Waals surface area (Å²) in [5, 5.41) is 7.16. The second-order valence-electron chi connectivity index (χ2n) is 8.76. The van der Waals surface area contributed by atoms with Crippen LogP contribution < -0.4 is 10.1 Å². The molecule has 9 heteroatoms. The van der Waals surface area contributed by atoms with E-state index in [9.17, 15) is 9.18 Å². The molecule has 4 aromatic heterocycles. The van der Waals surface area contributed by atoms with Gasteiger partial charge >= 0.3 is 0 Å². The van der Waals surface area contributed by atoms with Crippen LogP contribution in [0.3, 0.4) is 0 Å². The normalized spacial score (nSPS) is 11.3. The zero-order chi connectivity index (χ0) is 25.8. The Labute approximate surface area is 217 Å². The van der Waals surface area contributed by atoms with Gasteiger partial charge in [0.25, 0.3) is 0 Å². The number of carbonyl (C=O) groups excluding carboxylic acids is 1. The molecular weight excluding hydrogens is 493 g/mol. The fraction of sp³-hybridized carbons (Fsp3) is 0.250. The van der Waals surface area contributed by atoms with Gasteiger partial charge in [-0.05, 0) is 55.8 Å². The average molecular weight is 520 g/mol. The highest BCUT2D eigenvalue weighted by Crippen LogP contribution is 2.40. The number of rotatable bonds is 11. The van der Waals surface area contributed by atoms with Gasteiger partial charge in [0.1, 0.15) is 28.8 Å². The van der Waals surface area contributed by atoms with Crippen LogP contribution in [0.2, 0.25) is 0 Å². The maximum Gasteiger partial charge on any atom is 0.166 e. The number of benzene rings is 1. The fourth-order valence-corrected chi connectivity index (χ4v) is 4.99. The van der Waals surface area contributed by atoms with Crippen LogP contribution in [0.4, 0.5) is 4.39 Å². The zero-order valence-electron chi connectivity index (χ0n) is 20.5. The highest BCUT2D eigenvalue weighted by molar-refractivity contribution is 7.22. The van der Waals surface area contributed by atoms with Crippen molar-refractivity contribution >= 4 is 27.3 Å². The highest BCUT2D eigenvalue weighted by atomic mass is 32.1. The van der Waals surface area contributed by atoms with Crippen LogP contribution in [0.1, 0.15) is 36.1 Å². The van der Waals surface area contributed by atoms with Crippen molar-refractivity contribution in [2.75, 3.05) is 6.54 Å². The Kier molecular flexibility index (Phi) is 7.43. The summed E-state index contributed by atoms with van der Waals surface area (Å²) in [7, 11) is 0. The van der Waals surface area contributed by atoms with Crippen molar-refractivity contribution in [3.05, 3.63) is 83.3 Å². The third kappa shape index (κ3) is 5.95. The van der Waals surface area contributed by atoms with Gasteiger partial charge in [-0.25, -0.2) is 4.39 Å². The van der Waals surface area contributed by atoms with E-state index in [0.717, 1.165) is 39.6 Å². The molecule has 5 aromatic rings. The summed E-state index contributed by atoms with van der Waals surface area (Å²) in [5.41, 5.74) is 1.87. The molecule has 0 aliphatic rings. The van der Waals surface area contributed by atoms with Gasteiger partial charge < -0.3 is 19.0 Å². The van der Waals surface area contributed by atoms with Crippen LogP contribution in [0.15, 0.2) is 63.7 Å². The second kappa shape index (κ2) is 11.1. The van der Waals surface area contributed by atoms with Gasteiger partial charge in [-0.2, -0.15) is 0 Å². The molecular formula is C28H26FN3O4S. The van der Waals surface area contributed by atoms with Crippen molar-refractivity contribution in [1.82, 2.24) is 15.5 Å². The van der Waals surface area contributed by atoms with Gasteiger partial charge in [-0.1, -0.05) is 18.1 Å². The number of pyridine rings is 1. The van der Waals surface area contributed by atoms with Gasteiger partial charge in [-0.3, -0.25) is 9.78 Å². The third-order valence-electron chi connectivity index (χ3n) is 5.68. The number of furan rings is 1. The van der Waals surface area contributed by atoms with E-state index < -0.39 is 5.82 Å². The van der Waals surface area contributed by atoms with Crippen LogP contribution in [-0.4, -0.2) is 22.5 Å². The number of nitrogens with zero attached hydrogens (tertiary/aromatic N) is 2. The largest absolute Gasteiger partial charge is 0.459 e. The number of aromatic nitrogens is 2. The molecule has 37 heavy (non-hydrogen) atoms. The first-order chi connectivity index (χ1) is 18.0. The Hall–Kier alpha value is -3.82. The molecule has 0 radical (unpaired) electrons. The van der Waals surface area contributed by atoms with E-state index >= 15 is 0 Å². The number of hydrogen-bond donors (Lipinski definition) is 1. The predicted molar refractivity (Wildman–Crippen MR) is 139 cm³/mol. The van der Waals surface area contributed by atoms with Crippen molar-refractivity contribution in [2.45, 2.75) is 39.7 Å². The summed E-state index contributed by atoms with van der Waals surface area (Å²) < 4.78 is 32.6. The number of halogens is 1. The quantitative estimate of drug-likeness (QED) is 0.196. The summed E-state index contributed by atoms with van der Waals surface area (Å²) in [5.74, 6) is 2.22. The van der Waals surface area contributed by atoms with E-state index in [1.807, 2.05) is 18.2 Å². The summed E-state index contributed by atoms with van der Waals surface area (Å²) in [6.07, 6.45) is 2.92. The number of thiophene rings is 1. The smallest absolute Gasteiger partial charge is 0.166 e. The lowest BCUT2D eigenvalue weighted by Crippen LogP contribution is -2.12. The number of fused-ring (bicyclic) bond motifs is 1. The molecule has 0 bridgehead atoms. The van der Waals surface area contributed by atoms with Gasteiger partial charge in [0, 0.05) is 24.8 Å². The molecule has 0 aliphatic carbocycles. The molecule has 0 fully saturated rings. The van der Waals surface area contributed by atoms with Crippen molar-refractivity contribution in [3.63, 3.8) is 0 Å². The van der Waals surface area contributed by atoms with Crippen LogP contribution in [0.5, 0.6) is 11.5 Å². The van der Waals surface area contributed by atoms with Crippen molar-refractivity contribution in [1.29, 1.82) is 0 Å². The number of carbonyl (C=O) groups is 1. The summed E-state index contributed by atoms with van der Waals surface area (Å²) in [6, 6.07) is 13.8. The van der Waals surface area contributed by atoms with E-state index in [0.29, 0.717) is 29.3 Å². The molecule has 0 atom stereocenters. The zero-order valence-corrected chi connectivity index (χ0v) is 21.4. The summed E-state index contributed by atoms with van der Waals surface area (Å²) in [6.45, 7) is 5.49. The molecule has 0 aliphatic heterocycles. The van der Waals surface area contributed by atoms with E-state index in [2.05, 4.69) is 22.4 Å². The van der Waals surface area contributed by atoms with Crippen LogP contribution >= 0.6 is 11.3 Å². The first-order valence-corrected chi connectivity index (χ1v) is 12.9. The number of ether oxygens (including phenoxy) is 1. The Bertz CT molecular complexity index is 1540. The number of nitrogens with one attached hydrogen (secondary N) is 1. The summed E-state index contributed by atoms with van der Waals surface area (Å²) >= 11 is 1.48.